The number of nitrogens with zero attached hydrogens (tertiary/aromatic N) is 1. The molecule has 0 aliphatic carbocycles. The summed E-state index contributed by atoms with van der Waals surface area (Å²) in [6.45, 7) is 3.41. The maximum absolute atomic E-state index is 12.1. The summed E-state index contributed by atoms with van der Waals surface area (Å²) in [4.78, 5) is 25.9. The fourth-order valence-electron chi connectivity index (χ4n) is 2.52. The van der Waals surface area contributed by atoms with Gasteiger partial charge in [0.25, 0.3) is 5.91 Å². The number of methoxy groups -OCH3 is 2. The number of hydrogen-bond donors (Lipinski definition) is 0. The van der Waals surface area contributed by atoms with E-state index in [0.717, 1.165) is 25.9 Å². The van der Waals surface area contributed by atoms with Crippen molar-refractivity contribution in [2.75, 3.05) is 33.9 Å². The molecule has 2 rings (SSSR count). The summed E-state index contributed by atoms with van der Waals surface area (Å²) >= 11 is 0. The Kier molecular flexibility index (Phi) is 5.84. The SMILES string of the molecule is COc1ccc(C(=O)OCC(=O)N2CCC(C)CC2)cc1OC. The van der Waals surface area contributed by atoms with E-state index in [0.29, 0.717) is 23.0 Å². The van der Waals surface area contributed by atoms with Gasteiger partial charge in [-0.25, -0.2) is 4.79 Å². The second-order valence-corrected chi connectivity index (χ2v) is 5.71. The molecular formula is C17H23NO5. The van der Waals surface area contributed by atoms with Crippen LogP contribution in [-0.4, -0.2) is 50.7 Å². The van der Waals surface area contributed by atoms with Gasteiger partial charge in [-0.2, -0.15) is 0 Å². The topological polar surface area (TPSA) is 65.1 Å². The number of ether oxygens (including phenoxy) is 3. The summed E-state index contributed by atoms with van der Waals surface area (Å²) in [6.07, 6.45) is 1.99. The van der Waals surface area contributed by atoms with Crippen molar-refractivity contribution in [2.24, 2.45) is 5.92 Å². The molecule has 0 radical (unpaired) electrons. The third kappa shape index (κ3) is 4.37. The molecule has 0 aromatic heterocycles. The molecule has 0 spiro atoms. The van der Waals surface area contributed by atoms with Gasteiger partial charge in [-0.3, -0.25) is 4.79 Å². The summed E-state index contributed by atoms with van der Waals surface area (Å²) in [7, 11) is 3.02. The van der Waals surface area contributed by atoms with Crippen LogP contribution in [0.2, 0.25) is 0 Å². The lowest BCUT2D eigenvalue weighted by Crippen LogP contribution is -2.40. The Hall–Kier alpha value is -2.24. The minimum absolute atomic E-state index is 0.147. The molecule has 1 aliphatic rings. The van der Waals surface area contributed by atoms with Gasteiger partial charge < -0.3 is 19.1 Å². The zero-order valence-corrected chi connectivity index (χ0v) is 13.8. The molecule has 23 heavy (non-hydrogen) atoms. The number of amides is 1. The fraction of sp³-hybridized carbons (Fsp3) is 0.529. The molecule has 1 aromatic carbocycles. The number of carbonyl (C=O) groups is 2. The first-order valence-electron chi connectivity index (χ1n) is 7.72. The molecule has 1 aromatic rings. The summed E-state index contributed by atoms with van der Waals surface area (Å²) in [5, 5.41) is 0. The zero-order chi connectivity index (χ0) is 16.8. The highest BCUT2D eigenvalue weighted by Crippen LogP contribution is 2.27. The van der Waals surface area contributed by atoms with Crippen molar-refractivity contribution < 1.29 is 23.8 Å². The number of esters is 1. The van der Waals surface area contributed by atoms with E-state index in [4.69, 9.17) is 14.2 Å². The maximum atomic E-state index is 12.1. The molecular weight excluding hydrogens is 298 g/mol. The molecule has 1 amide bonds. The van der Waals surface area contributed by atoms with E-state index < -0.39 is 5.97 Å². The predicted molar refractivity (Wildman–Crippen MR) is 84.8 cm³/mol. The van der Waals surface area contributed by atoms with Crippen LogP contribution >= 0.6 is 0 Å². The molecule has 0 saturated carbocycles. The Bertz CT molecular complexity index is 564. The van der Waals surface area contributed by atoms with Crippen LogP contribution in [0.5, 0.6) is 11.5 Å². The number of likely N-dealkylation sites (tertiary alicyclic amines) is 1. The van der Waals surface area contributed by atoms with Crippen LogP contribution in [-0.2, 0) is 9.53 Å². The molecule has 6 heteroatoms. The van der Waals surface area contributed by atoms with Crippen LogP contribution in [0.15, 0.2) is 18.2 Å². The van der Waals surface area contributed by atoms with Crippen LogP contribution < -0.4 is 9.47 Å². The van der Waals surface area contributed by atoms with Crippen molar-refractivity contribution in [3.05, 3.63) is 23.8 Å². The molecule has 0 N–H and O–H groups in total. The van der Waals surface area contributed by atoms with Gasteiger partial charge in [-0.1, -0.05) is 6.92 Å². The summed E-state index contributed by atoms with van der Waals surface area (Å²) in [5.74, 6) is 0.921. The smallest absolute Gasteiger partial charge is 0.338 e. The Morgan fingerprint density at radius 2 is 1.78 bits per heavy atom. The molecule has 126 valence electrons. The molecule has 0 atom stereocenters. The van der Waals surface area contributed by atoms with E-state index in [1.54, 1.807) is 17.0 Å². The van der Waals surface area contributed by atoms with Crippen molar-refractivity contribution in [1.29, 1.82) is 0 Å². The van der Waals surface area contributed by atoms with Gasteiger partial charge in [0.15, 0.2) is 18.1 Å². The lowest BCUT2D eigenvalue weighted by molar-refractivity contribution is -0.135. The Morgan fingerprint density at radius 1 is 1.13 bits per heavy atom. The van der Waals surface area contributed by atoms with Crippen LogP contribution in [0.3, 0.4) is 0 Å². The highest BCUT2D eigenvalue weighted by Gasteiger charge is 2.21. The number of hydrogen-bond acceptors (Lipinski definition) is 5. The fourth-order valence-corrected chi connectivity index (χ4v) is 2.52. The first-order valence-corrected chi connectivity index (χ1v) is 7.72. The van der Waals surface area contributed by atoms with E-state index in [1.807, 2.05) is 0 Å². The van der Waals surface area contributed by atoms with Crippen LogP contribution in [0.4, 0.5) is 0 Å². The average molecular weight is 321 g/mol. The minimum atomic E-state index is -0.551. The largest absolute Gasteiger partial charge is 0.493 e. The second kappa shape index (κ2) is 7.85. The normalized spacial score (nSPS) is 15.2. The van der Waals surface area contributed by atoms with Gasteiger partial charge in [0, 0.05) is 13.1 Å². The standard InChI is InChI=1S/C17H23NO5/c1-12-6-8-18(9-7-12)16(19)11-23-17(20)13-4-5-14(21-2)15(10-13)22-3/h4-5,10,12H,6-9,11H2,1-3H3. The minimum Gasteiger partial charge on any atom is -0.493 e. The zero-order valence-electron chi connectivity index (χ0n) is 13.8. The third-order valence-electron chi connectivity index (χ3n) is 4.08. The van der Waals surface area contributed by atoms with Crippen LogP contribution in [0, 0.1) is 5.92 Å². The molecule has 1 saturated heterocycles. The van der Waals surface area contributed by atoms with Crippen molar-refractivity contribution >= 4 is 11.9 Å². The average Bonchev–Trinajstić information content (AvgIpc) is 2.59. The van der Waals surface area contributed by atoms with E-state index in [9.17, 15) is 9.59 Å². The van der Waals surface area contributed by atoms with Gasteiger partial charge in [0.05, 0.1) is 19.8 Å². The van der Waals surface area contributed by atoms with Crippen molar-refractivity contribution in [3.8, 4) is 11.5 Å². The molecule has 1 aliphatic heterocycles. The third-order valence-corrected chi connectivity index (χ3v) is 4.08. The lowest BCUT2D eigenvalue weighted by atomic mass is 9.99. The first-order chi connectivity index (χ1) is 11.0. The Balaban J connectivity index is 1.90. The summed E-state index contributed by atoms with van der Waals surface area (Å²) in [5.41, 5.74) is 0.322. The first kappa shape index (κ1) is 17.1. The van der Waals surface area contributed by atoms with Crippen molar-refractivity contribution in [3.63, 3.8) is 0 Å². The molecule has 6 nitrogen and oxygen atoms in total. The van der Waals surface area contributed by atoms with E-state index in [2.05, 4.69) is 6.92 Å². The highest BCUT2D eigenvalue weighted by atomic mass is 16.5. The quantitative estimate of drug-likeness (QED) is 0.777. The van der Waals surface area contributed by atoms with Gasteiger partial charge in [0.2, 0.25) is 0 Å². The molecule has 1 fully saturated rings. The number of benzene rings is 1. The van der Waals surface area contributed by atoms with Crippen LogP contribution in [0.1, 0.15) is 30.1 Å². The second-order valence-electron chi connectivity index (χ2n) is 5.71. The van der Waals surface area contributed by atoms with Gasteiger partial charge in [0.1, 0.15) is 0 Å². The summed E-state index contributed by atoms with van der Waals surface area (Å²) < 4.78 is 15.4. The number of rotatable bonds is 5. The molecule has 1 heterocycles. The van der Waals surface area contributed by atoms with Crippen molar-refractivity contribution in [2.45, 2.75) is 19.8 Å². The van der Waals surface area contributed by atoms with Gasteiger partial charge >= 0.3 is 5.97 Å². The maximum Gasteiger partial charge on any atom is 0.338 e. The van der Waals surface area contributed by atoms with E-state index in [-0.39, 0.29) is 12.5 Å². The monoisotopic (exact) mass is 321 g/mol. The number of piperidine rings is 1. The van der Waals surface area contributed by atoms with Gasteiger partial charge in [-0.15, -0.1) is 0 Å². The van der Waals surface area contributed by atoms with E-state index >= 15 is 0 Å². The molecule has 0 unspecified atom stereocenters. The molecule has 0 bridgehead atoms. The number of carbonyl (C=O) groups excluding carboxylic acids is 2. The van der Waals surface area contributed by atoms with Crippen molar-refractivity contribution in [1.82, 2.24) is 4.90 Å². The van der Waals surface area contributed by atoms with Gasteiger partial charge in [-0.05, 0) is 37.0 Å². The highest BCUT2D eigenvalue weighted by molar-refractivity contribution is 5.92. The Labute approximate surface area is 136 Å². The Morgan fingerprint density at radius 3 is 2.39 bits per heavy atom. The lowest BCUT2D eigenvalue weighted by Gasteiger charge is -2.30. The summed E-state index contributed by atoms with van der Waals surface area (Å²) in [6, 6.07) is 4.74. The van der Waals surface area contributed by atoms with Crippen LogP contribution in [0.25, 0.3) is 0 Å². The predicted octanol–water partition coefficient (Wildman–Crippen LogP) is 2.12. The van der Waals surface area contributed by atoms with E-state index in [1.165, 1.54) is 20.3 Å².